The molecule has 1 aliphatic heterocycles. The van der Waals surface area contributed by atoms with Crippen molar-refractivity contribution in [3.63, 3.8) is 0 Å². The summed E-state index contributed by atoms with van der Waals surface area (Å²) in [6.07, 6.45) is 0. The van der Waals surface area contributed by atoms with Gasteiger partial charge in [0.15, 0.2) is 0 Å². The van der Waals surface area contributed by atoms with E-state index in [1.165, 1.54) is 5.69 Å². The van der Waals surface area contributed by atoms with Gasteiger partial charge in [0.25, 0.3) is 0 Å². The van der Waals surface area contributed by atoms with Crippen LogP contribution in [0.4, 0.5) is 23.0 Å². The van der Waals surface area contributed by atoms with Gasteiger partial charge in [0.2, 0.25) is 0 Å². The van der Waals surface area contributed by atoms with Crippen LogP contribution in [-0.2, 0) is 0 Å². The minimum absolute atomic E-state index is 0.513. The van der Waals surface area contributed by atoms with Crippen LogP contribution < -0.4 is 15.5 Å². The van der Waals surface area contributed by atoms with Gasteiger partial charge in [-0.2, -0.15) is 0 Å². The van der Waals surface area contributed by atoms with Gasteiger partial charge in [-0.15, -0.1) is 0 Å². The molecule has 0 fully saturated rings. The molecule has 0 unspecified atom stereocenters. The summed E-state index contributed by atoms with van der Waals surface area (Å²) in [6, 6.07) is 10.2. The Kier molecular flexibility index (Phi) is 2.74. The van der Waals surface area contributed by atoms with E-state index in [0.29, 0.717) is 11.6 Å². The number of nitrogen functional groups attached to an aromatic ring is 1. The lowest BCUT2D eigenvalue weighted by atomic mass is 10.1. The van der Waals surface area contributed by atoms with E-state index in [1.54, 1.807) is 0 Å². The van der Waals surface area contributed by atoms with Crippen LogP contribution in [0.25, 0.3) is 0 Å². The van der Waals surface area contributed by atoms with Crippen LogP contribution in [0, 0.1) is 6.92 Å². The molecule has 1 aromatic carbocycles. The topological polar surface area (TPSA) is 58.3 Å². The highest BCUT2D eigenvalue weighted by Crippen LogP contribution is 2.36. The van der Waals surface area contributed by atoms with Gasteiger partial charge in [0.1, 0.15) is 17.5 Å². The maximum Gasteiger partial charge on any atom is 0.138 e. The van der Waals surface area contributed by atoms with E-state index in [-0.39, 0.29) is 0 Å². The maximum atomic E-state index is 5.83. The Morgan fingerprint density at radius 1 is 1.11 bits per heavy atom. The molecule has 5 heteroatoms. The number of nitrogens with two attached hydrogens (primary N) is 1. The smallest absolute Gasteiger partial charge is 0.138 e. The van der Waals surface area contributed by atoms with Crippen molar-refractivity contribution >= 4 is 23.0 Å². The second-order valence-corrected chi connectivity index (χ2v) is 4.76. The molecule has 0 aliphatic carbocycles. The lowest BCUT2D eigenvalue weighted by molar-refractivity contribution is 0.809. The Bertz CT molecular complexity index is 590. The Hall–Kier alpha value is -2.30. The van der Waals surface area contributed by atoms with Crippen molar-refractivity contribution in [2.45, 2.75) is 6.92 Å². The maximum absolute atomic E-state index is 5.83. The fraction of sp³-hybridized carbons (Fsp3) is 0.286. The molecule has 3 rings (SSSR count). The SMILES string of the molecule is Cc1nc(N)cc(N2CCN(C)c3ccccc32)n1. The fourth-order valence-corrected chi connectivity index (χ4v) is 2.46. The highest BCUT2D eigenvalue weighted by molar-refractivity contribution is 5.78. The summed E-state index contributed by atoms with van der Waals surface area (Å²) in [5.41, 5.74) is 8.20. The predicted octanol–water partition coefficient (Wildman–Crippen LogP) is 1.96. The molecule has 2 aromatic rings. The molecule has 0 radical (unpaired) electrons. The number of aryl methyl sites for hydroxylation is 1. The number of para-hydroxylation sites is 2. The van der Waals surface area contributed by atoms with E-state index >= 15 is 0 Å². The Morgan fingerprint density at radius 3 is 2.58 bits per heavy atom. The number of aromatic nitrogens is 2. The third-order valence-electron chi connectivity index (χ3n) is 3.36. The van der Waals surface area contributed by atoms with Gasteiger partial charge in [-0.3, -0.25) is 0 Å². The number of fused-ring (bicyclic) bond motifs is 1. The fourth-order valence-electron chi connectivity index (χ4n) is 2.46. The minimum Gasteiger partial charge on any atom is -0.384 e. The van der Waals surface area contributed by atoms with Crippen molar-refractivity contribution in [3.05, 3.63) is 36.2 Å². The molecule has 2 N–H and O–H groups in total. The van der Waals surface area contributed by atoms with Crippen molar-refractivity contribution in [2.24, 2.45) is 0 Å². The summed E-state index contributed by atoms with van der Waals surface area (Å²) in [5, 5.41) is 0. The summed E-state index contributed by atoms with van der Waals surface area (Å²) >= 11 is 0. The first kappa shape index (κ1) is 11.8. The largest absolute Gasteiger partial charge is 0.384 e. The van der Waals surface area contributed by atoms with Gasteiger partial charge in [-0.1, -0.05) is 12.1 Å². The molecule has 5 nitrogen and oxygen atoms in total. The van der Waals surface area contributed by atoms with E-state index in [1.807, 2.05) is 19.1 Å². The number of nitrogens with zero attached hydrogens (tertiary/aromatic N) is 4. The van der Waals surface area contributed by atoms with Crippen LogP contribution in [0.2, 0.25) is 0 Å². The van der Waals surface area contributed by atoms with Gasteiger partial charge in [0, 0.05) is 26.2 Å². The Morgan fingerprint density at radius 2 is 1.84 bits per heavy atom. The second-order valence-electron chi connectivity index (χ2n) is 4.76. The molecule has 0 bridgehead atoms. The summed E-state index contributed by atoms with van der Waals surface area (Å²) in [5.74, 6) is 2.08. The zero-order chi connectivity index (χ0) is 13.4. The quantitative estimate of drug-likeness (QED) is 0.844. The molecule has 0 amide bonds. The van der Waals surface area contributed by atoms with Crippen molar-refractivity contribution in [1.29, 1.82) is 0 Å². The van der Waals surface area contributed by atoms with Crippen molar-refractivity contribution in [1.82, 2.24) is 9.97 Å². The Balaban J connectivity index is 2.09. The van der Waals surface area contributed by atoms with E-state index in [9.17, 15) is 0 Å². The van der Waals surface area contributed by atoms with Crippen LogP contribution in [-0.4, -0.2) is 30.1 Å². The molecule has 1 aliphatic rings. The third-order valence-corrected chi connectivity index (χ3v) is 3.36. The summed E-state index contributed by atoms with van der Waals surface area (Å²) in [6.45, 7) is 3.71. The van der Waals surface area contributed by atoms with E-state index in [2.05, 4.69) is 45.0 Å². The molecule has 19 heavy (non-hydrogen) atoms. The number of likely N-dealkylation sites (N-methyl/N-ethyl adjacent to an activating group) is 1. The highest BCUT2D eigenvalue weighted by Gasteiger charge is 2.22. The third kappa shape index (κ3) is 2.07. The Labute approximate surface area is 112 Å². The summed E-state index contributed by atoms with van der Waals surface area (Å²) in [4.78, 5) is 13.1. The standard InChI is InChI=1S/C14H17N5/c1-10-16-13(15)9-14(17-10)19-8-7-18(2)11-5-3-4-6-12(11)19/h3-6,9H,7-8H2,1-2H3,(H2,15,16,17). The van der Waals surface area contributed by atoms with Crippen LogP contribution in [0.1, 0.15) is 5.82 Å². The van der Waals surface area contributed by atoms with Gasteiger partial charge >= 0.3 is 0 Å². The molecular weight excluding hydrogens is 238 g/mol. The van der Waals surface area contributed by atoms with E-state index < -0.39 is 0 Å². The van der Waals surface area contributed by atoms with E-state index in [4.69, 9.17) is 5.73 Å². The van der Waals surface area contributed by atoms with E-state index in [0.717, 1.165) is 24.6 Å². The number of anilines is 4. The van der Waals surface area contributed by atoms with Crippen molar-refractivity contribution < 1.29 is 0 Å². The first-order valence-electron chi connectivity index (χ1n) is 6.34. The first-order valence-corrected chi connectivity index (χ1v) is 6.34. The lowest BCUT2D eigenvalue weighted by Gasteiger charge is -2.36. The second kappa shape index (κ2) is 4.42. The lowest BCUT2D eigenvalue weighted by Crippen LogP contribution is -2.36. The molecule has 0 saturated carbocycles. The molecule has 0 spiro atoms. The molecule has 0 saturated heterocycles. The number of hydrogen-bond donors (Lipinski definition) is 1. The van der Waals surface area contributed by atoms with Crippen LogP contribution in [0.5, 0.6) is 0 Å². The van der Waals surface area contributed by atoms with Gasteiger partial charge in [-0.25, -0.2) is 9.97 Å². The molecule has 0 atom stereocenters. The van der Waals surface area contributed by atoms with Crippen LogP contribution in [0.3, 0.4) is 0 Å². The zero-order valence-corrected chi connectivity index (χ0v) is 11.2. The van der Waals surface area contributed by atoms with Gasteiger partial charge in [-0.05, 0) is 19.1 Å². The van der Waals surface area contributed by atoms with Crippen molar-refractivity contribution in [3.8, 4) is 0 Å². The zero-order valence-electron chi connectivity index (χ0n) is 11.2. The first-order chi connectivity index (χ1) is 9.15. The summed E-state index contributed by atoms with van der Waals surface area (Å²) in [7, 11) is 2.11. The average Bonchev–Trinajstić information content (AvgIpc) is 2.38. The molecule has 2 heterocycles. The minimum atomic E-state index is 0.513. The summed E-state index contributed by atoms with van der Waals surface area (Å²) < 4.78 is 0. The van der Waals surface area contributed by atoms with Crippen molar-refractivity contribution in [2.75, 3.05) is 35.7 Å². The molecule has 1 aromatic heterocycles. The average molecular weight is 255 g/mol. The van der Waals surface area contributed by atoms with Gasteiger partial charge in [0.05, 0.1) is 11.4 Å². The molecular formula is C14H17N5. The monoisotopic (exact) mass is 255 g/mol. The van der Waals surface area contributed by atoms with Crippen LogP contribution in [0.15, 0.2) is 30.3 Å². The number of benzene rings is 1. The number of rotatable bonds is 1. The van der Waals surface area contributed by atoms with Gasteiger partial charge < -0.3 is 15.5 Å². The van der Waals surface area contributed by atoms with Crippen LogP contribution >= 0.6 is 0 Å². The number of hydrogen-bond acceptors (Lipinski definition) is 5. The highest BCUT2D eigenvalue weighted by atomic mass is 15.3. The normalized spacial score (nSPS) is 14.4. The predicted molar refractivity (Wildman–Crippen MR) is 77.9 cm³/mol. The molecule has 98 valence electrons.